The van der Waals surface area contributed by atoms with Crippen molar-refractivity contribution in [3.05, 3.63) is 82.9 Å². The molecule has 1 atom stereocenters. The summed E-state index contributed by atoms with van der Waals surface area (Å²) in [6.07, 6.45) is 4.15. The molecule has 6 nitrogen and oxygen atoms in total. The predicted molar refractivity (Wildman–Crippen MR) is 136 cm³/mol. The van der Waals surface area contributed by atoms with Crippen molar-refractivity contribution >= 4 is 40.0 Å². The van der Waals surface area contributed by atoms with E-state index >= 15 is 0 Å². The quantitative estimate of drug-likeness (QED) is 0.463. The van der Waals surface area contributed by atoms with Gasteiger partial charge in [0.2, 0.25) is 11.8 Å². The monoisotopic (exact) mass is 462 g/mol. The second kappa shape index (κ2) is 11.5. The van der Waals surface area contributed by atoms with Gasteiger partial charge in [-0.2, -0.15) is 0 Å². The first-order valence-corrected chi connectivity index (χ1v) is 11.8. The molecule has 2 aromatic carbocycles. The van der Waals surface area contributed by atoms with Gasteiger partial charge < -0.3 is 10.2 Å². The Morgan fingerprint density at radius 3 is 2.39 bits per heavy atom. The summed E-state index contributed by atoms with van der Waals surface area (Å²) in [4.78, 5) is 32.8. The van der Waals surface area contributed by atoms with Gasteiger partial charge in [-0.15, -0.1) is 11.3 Å². The molecule has 0 aliphatic heterocycles. The number of benzene rings is 2. The van der Waals surface area contributed by atoms with Crippen LogP contribution in [0.1, 0.15) is 36.7 Å². The number of nitrogens with zero attached hydrogens (tertiary/aromatic N) is 3. The Kier molecular flexibility index (Phi) is 8.52. The molecule has 0 spiro atoms. The first kappa shape index (κ1) is 24.4. The molecule has 33 heavy (non-hydrogen) atoms. The van der Waals surface area contributed by atoms with Gasteiger partial charge in [-0.3, -0.25) is 14.5 Å². The van der Waals surface area contributed by atoms with Crippen molar-refractivity contribution in [2.75, 3.05) is 25.5 Å². The maximum atomic E-state index is 12.4. The van der Waals surface area contributed by atoms with Crippen LogP contribution >= 0.6 is 11.3 Å². The van der Waals surface area contributed by atoms with Gasteiger partial charge in [-0.1, -0.05) is 49.4 Å². The first-order valence-electron chi connectivity index (χ1n) is 10.9. The zero-order chi connectivity index (χ0) is 23.8. The molecular formula is C26H30N4O2S. The van der Waals surface area contributed by atoms with E-state index in [1.807, 2.05) is 49.8 Å². The fraction of sp³-hybridized carbons (Fsp3) is 0.269. The molecular weight excluding hydrogens is 432 g/mol. The number of aryl methyl sites for hydroxylation is 1. The number of nitrogens with one attached hydrogen (secondary N) is 1. The number of hydrogen-bond acceptors (Lipinski definition) is 5. The fourth-order valence-corrected chi connectivity index (χ4v) is 4.31. The standard InChI is InChI=1S/C26H30N4O2S/c1-5-20-11-13-21(14-12-20)24(29(3)4)17-27-25(32)16-15-22-18-33-26(28-22)30(19(2)31)23-9-7-6-8-10-23/h6-16,18,24H,5,17H2,1-4H3,(H,27,32)/b16-15+. The van der Waals surface area contributed by atoms with Crippen LogP contribution in [0.3, 0.4) is 0 Å². The van der Waals surface area contributed by atoms with Crippen LogP contribution in [-0.4, -0.2) is 42.3 Å². The van der Waals surface area contributed by atoms with E-state index in [1.165, 1.54) is 29.9 Å². The maximum Gasteiger partial charge on any atom is 0.244 e. The highest BCUT2D eigenvalue weighted by atomic mass is 32.1. The van der Waals surface area contributed by atoms with Crippen LogP contribution in [0, 0.1) is 0 Å². The zero-order valence-electron chi connectivity index (χ0n) is 19.5. The topological polar surface area (TPSA) is 65.5 Å². The summed E-state index contributed by atoms with van der Waals surface area (Å²) in [5, 5.41) is 5.37. The summed E-state index contributed by atoms with van der Waals surface area (Å²) in [5.41, 5.74) is 3.85. The molecule has 7 heteroatoms. The summed E-state index contributed by atoms with van der Waals surface area (Å²) >= 11 is 1.36. The molecule has 2 amide bonds. The van der Waals surface area contributed by atoms with Crippen LogP contribution in [0.5, 0.6) is 0 Å². The van der Waals surface area contributed by atoms with E-state index in [1.54, 1.807) is 11.0 Å². The summed E-state index contributed by atoms with van der Waals surface area (Å²) in [7, 11) is 4.01. The highest BCUT2D eigenvalue weighted by molar-refractivity contribution is 7.14. The van der Waals surface area contributed by atoms with Gasteiger partial charge in [-0.25, -0.2) is 4.98 Å². The van der Waals surface area contributed by atoms with Crippen LogP contribution < -0.4 is 10.2 Å². The van der Waals surface area contributed by atoms with Crippen molar-refractivity contribution in [3.63, 3.8) is 0 Å². The summed E-state index contributed by atoms with van der Waals surface area (Å²) in [6.45, 7) is 4.14. The highest BCUT2D eigenvalue weighted by Gasteiger charge is 2.17. The number of carbonyl (C=O) groups excluding carboxylic acids is 2. The van der Waals surface area contributed by atoms with Gasteiger partial charge in [0, 0.05) is 24.9 Å². The van der Waals surface area contributed by atoms with Gasteiger partial charge >= 0.3 is 0 Å². The number of hydrogen-bond donors (Lipinski definition) is 1. The minimum Gasteiger partial charge on any atom is -0.351 e. The van der Waals surface area contributed by atoms with E-state index in [2.05, 4.69) is 46.4 Å². The Morgan fingerprint density at radius 2 is 1.79 bits per heavy atom. The molecule has 0 radical (unpaired) electrons. The van der Waals surface area contributed by atoms with Crippen molar-refractivity contribution in [2.45, 2.75) is 26.3 Å². The lowest BCUT2D eigenvalue weighted by Gasteiger charge is -2.25. The Morgan fingerprint density at radius 1 is 1.09 bits per heavy atom. The Hall–Kier alpha value is -3.29. The van der Waals surface area contributed by atoms with Crippen molar-refractivity contribution in [1.29, 1.82) is 0 Å². The van der Waals surface area contributed by atoms with Crippen LogP contribution in [0.15, 0.2) is 66.1 Å². The van der Waals surface area contributed by atoms with E-state index in [4.69, 9.17) is 0 Å². The highest BCUT2D eigenvalue weighted by Crippen LogP contribution is 2.29. The summed E-state index contributed by atoms with van der Waals surface area (Å²) < 4.78 is 0. The van der Waals surface area contributed by atoms with E-state index in [9.17, 15) is 9.59 Å². The van der Waals surface area contributed by atoms with E-state index < -0.39 is 0 Å². The third-order valence-corrected chi connectivity index (χ3v) is 6.15. The lowest BCUT2D eigenvalue weighted by molar-refractivity contribution is -0.117. The third-order valence-electron chi connectivity index (χ3n) is 5.30. The molecule has 1 heterocycles. The normalized spacial score (nSPS) is 12.2. The fourth-order valence-electron chi connectivity index (χ4n) is 3.45. The van der Waals surface area contributed by atoms with Crippen molar-refractivity contribution in [2.24, 2.45) is 0 Å². The molecule has 3 rings (SSSR count). The summed E-state index contributed by atoms with van der Waals surface area (Å²) in [6, 6.07) is 18.0. The average Bonchev–Trinajstić information content (AvgIpc) is 3.27. The van der Waals surface area contributed by atoms with Gasteiger partial charge in [0.05, 0.1) is 17.4 Å². The Balaban J connectivity index is 1.63. The van der Waals surface area contributed by atoms with Crippen molar-refractivity contribution in [1.82, 2.24) is 15.2 Å². The van der Waals surface area contributed by atoms with Gasteiger partial charge in [0.1, 0.15) is 0 Å². The average molecular weight is 463 g/mol. The Bertz CT molecular complexity index is 1090. The molecule has 0 fully saturated rings. The molecule has 1 unspecified atom stereocenters. The van der Waals surface area contributed by atoms with Gasteiger partial charge in [0.25, 0.3) is 0 Å². The lowest BCUT2D eigenvalue weighted by Crippen LogP contribution is -2.33. The van der Waals surface area contributed by atoms with E-state index in [-0.39, 0.29) is 17.9 Å². The largest absolute Gasteiger partial charge is 0.351 e. The van der Waals surface area contributed by atoms with Crippen molar-refractivity contribution in [3.8, 4) is 0 Å². The molecule has 0 aliphatic carbocycles. The number of para-hydroxylation sites is 1. The van der Waals surface area contributed by atoms with E-state index in [0.29, 0.717) is 17.4 Å². The van der Waals surface area contributed by atoms with Crippen LogP contribution in [0.2, 0.25) is 0 Å². The third kappa shape index (κ3) is 6.60. The first-order chi connectivity index (χ1) is 15.9. The Labute approximate surface area is 199 Å². The minimum atomic E-state index is -0.187. The number of likely N-dealkylation sites (N-methyl/N-ethyl adjacent to an activating group) is 1. The van der Waals surface area contributed by atoms with Gasteiger partial charge in [-0.05, 0) is 49.9 Å². The van der Waals surface area contributed by atoms with Crippen LogP contribution in [0.25, 0.3) is 6.08 Å². The SMILES string of the molecule is CCc1ccc(C(CNC(=O)/C=C/c2csc(N(C(C)=O)c3ccccc3)n2)N(C)C)cc1. The molecule has 1 aromatic heterocycles. The predicted octanol–water partition coefficient (Wildman–Crippen LogP) is 4.82. The molecule has 0 saturated carbocycles. The van der Waals surface area contributed by atoms with Crippen LogP contribution in [-0.2, 0) is 16.0 Å². The number of rotatable bonds is 9. The molecule has 0 saturated heterocycles. The second-order valence-corrected chi connectivity index (χ2v) is 8.73. The molecule has 3 aromatic rings. The van der Waals surface area contributed by atoms with E-state index in [0.717, 1.165) is 17.7 Å². The minimum absolute atomic E-state index is 0.0779. The second-order valence-electron chi connectivity index (χ2n) is 7.90. The van der Waals surface area contributed by atoms with Crippen molar-refractivity contribution < 1.29 is 9.59 Å². The number of amides is 2. The number of thiazole rings is 1. The van der Waals surface area contributed by atoms with Crippen LogP contribution in [0.4, 0.5) is 10.8 Å². The number of anilines is 2. The summed E-state index contributed by atoms with van der Waals surface area (Å²) in [5.74, 6) is -0.307. The molecule has 0 aliphatic rings. The van der Waals surface area contributed by atoms with Gasteiger partial charge in [0.15, 0.2) is 5.13 Å². The number of aromatic nitrogens is 1. The zero-order valence-corrected chi connectivity index (χ0v) is 20.3. The number of carbonyl (C=O) groups is 2. The maximum absolute atomic E-state index is 12.4. The molecule has 0 bridgehead atoms. The molecule has 172 valence electrons. The molecule has 1 N–H and O–H groups in total. The lowest BCUT2D eigenvalue weighted by atomic mass is 10.0. The smallest absolute Gasteiger partial charge is 0.244 e.